The smallest absolute Gasteiger partial charge is 0.150 e. The Balaban J connectivity index is 2.41. The number of aliphatic hydroxyl groups is 1. The fourth-order valence-electron chi connectivity index (χ4n) is 1.64. The molecule has 0 bridgehead atoms. The Kier molecular flexibility index (Phi) is 3.41. The first-order chi connectivity index (χ1) is 7.74. The number of aromatic nitrogens is 1. The number of rotatable bonds is 3. The van der Waals surface area contributed by atoms with Gasteiger partial charge in [-0.1, -0.05) is 6.92 Å². The van der Waals surface area contributed by atoms with Crippen LogP contribution in [0.25, 0.3) is 0 Å². The van der Waals surface area contributed by atoms with E-state index in [1.807, 2.05) is 13.0 Å². The third-order valence-electron chi connectivity index (χ3n) is 2.51. The summed E-state index contributed by atoms with van der Waals surface area (Å²) in [5.41, 5.74) is 1.87. The van der Waals surface area contributed by atoms with Crippen LogP contribution in [0.1, 0.15) is 29.9 Å². The Labute approximate surface area is 102 Å². The molecule has 0 aromatic carbocycles. The van der Waals surface area contributed by atoms with Crippen LogP contribution in [0.15, 0.2) is 39.7 Å². The molecule has 4 heteroatoms. The van der Waals surface area contributed by atoms with Crippen LogP contribution in [0.5, 0.6) is 0 Å². The zero-order valence-corrected chi connectivity index (χ0v) is 10.4. The van der Waals surface area contributed by atoms with E-state index in [-0.39, 0.29) is 0 Å². The lowest BCUT2D eigenvalue weighted by Crippen LogP contribution is -2.03. The van der Waals surface area contributed by atoms with E-state index in [0.717, 1.165) is 22.0 Å². The zero-order valence-electron chi connectivity index (χ0n) is 8.85. The number of furan rings is 1. The van der Waals surface area contributed by atoms with Crippen LogP contribution < -0.4 is 0 Å². The fraction of sp³-hybridized carbons (Fsp3) is 0.250. The second-order valence-electron chi connectivity index (χ2n) is 3.46. The van der Waals surface area contributed by atoms with Crippen LogP contribution in [0, 0.1) is 0 Å². The van der Waals surface area contributed by atoms with E-state index in [9.17, 15) is 5.11 Å². The van der Waals surface area contributed by atoms with Gasteiger partial charge in [-0.05, 0) is 45.6 Å². The molecule has 0 amide bonds. The fourth-order valence-corrected chi connectivity index (χ4v) is 2.06. The summed E-state index contributed by atoms with van der Waals surface area (Å²) in [4.78, 5) is 4.05. The lowest BCUT2D eigenvalue weighted by Gasteiger charge is -2.12. The van der Waals surface area contributed by atoms with E-state index in [1.165, 1.54) is 0 Å². The van der Waals surface area contributed by atoms with Gasteiger partial charge < -0.3 is 9.52 Å². The van der Waals surface area contributed by atoms with Gasteiger partial charge in [0.2, 0.25) is 0 Å². The van der Waals surface area contributed by atoms with Crippen molar-refractivity contribution in [3.63, 3.8) is 0 Å². The average molecular weight is 282 g/mol. The van der Waals surface area contributed by atoms with Crippen molar-refractivity contribution in [1.82, 2.24) is 4.98 Å². The van der Waals surface area contributed by atoms with Crippen molar-refractivity contribution in [3.8, 4) is 0 Å². The number of aliphatic hydroxyl groups excluding tert-OH is 1. The molecule has 2 heterocycles. The summed E-state index contributed by atoms with van der Waals surface area (Å²) in [5, 5.41) is 10.2. The number of pyridine rings is 1. The van der Waals surface area contributed by atoms with Crippen molar-refractivity contribution in [1.29, 1.82) is 0 Å². The molecule has 1 unspecified atom stereocenters. The van der Waals surface area contributed by atoms with E-state index in [2.05, 4.69) is 20.9 Å². The van der Waals surface area contributed by atoms with E-state index in [0.29, 0.717) is 5.76 Å². The monoisotopic (exact) mass is 281 g/mol. The minimum atomic E-state index is -0.748. The van der Waals surface area contributed by atoms with Crippen LogP contribution in [-0.2, 0) is 6.42 Å². The lowest BCUT2D eigenvalue weighted by molar-refractivity contribution is 0.187. The number of hydrogen-bond donors (Lipinski definition) is 1. The van der Waals surface area contributed by atoms with Gasteiger partial charge in [0.05, 0.1) is 10.7 Å². The summed E-state index contributed by atoms with van der Waals surface area (Å²) in [7, 11) is 0. The molecule has 0 saturated carbocycles. The highest BCUT2D eigenvalue weighted by Gasteiger charge is 2.19. The molecule has 0 spiro atoms. The maximum Gasteiger partial charge on any atom is 0.150 e. The number of hydrogen-bond acceptors (Lipinski definition) is 3. The van der Waals surface area contributed by atoms with E-state index in [1.54, 1.807) is 24.7 Å². The molecular formula is C12H12BrNO2. The van der Waals surface area contributed by atoms with Gasteiger partial charge in [0.1, 0.15) is 6.10 Å². The van der Waals surface area contributed by atoms with Gasteiger partial charge in [0.15, 0.2) is 5.76 Å². The topological polar surface area (TPSA) is 46.3 Å². The second kappa shape index (κ2) is 4.80. The Morgan fingerprint density at radius 3 is 2.94 bits per heavy atom. The SMILES string of the molecule is CCc1cnccc1C(O)c1occc1Br. The lowest BCUT2D eigenvalue weighted by atomic mass is 10.0. The first kappa shape index (κ1) is 11.4. The first-order valence-corrected chi connectivity index (χ1v) is 5.87. The minimum absolute atomic E-state index is 0.529. The normalized spacial score (nSPS) is 12.7. The number of nitrogens with zero attached hydrogens (tertiary/aromatic N) is 1. The third kappa shape index (κ3) is 2.03. The molecule has 16 heavy (non-hydrogen) atoms. The summed E-state index contributed by atoms with van der Waals surface area (Å²) in [6.45, 7) is 2.03. The van der Waals surface area contributed by atoms with Gasteiger partial charge in [-0.2, -0.15) is 0 Å². The molecule has 0 aliphatic carbocycles. The van der Waals surface area contributed by atoms with Crippen LogP contribution in [-0.4, -0.2) is 10.1 Å². The molecule has 1 atom stereocenters. The summed E-state index contributed by atoms with van der Waals surface area (Å²) in [6, 6.07) is 3.59. The third-order valence-corrected chi connectivity index (χ3v) is 3.17. The maximum atomic E-state index is 10.2. The molecule has 84 valence electrons. The predicted molar refractivity (Wildman–Crippen MR) is 64.1 cm³/mol. The summed E-state index contributed by atoms with van der Waals surface area (Å²) in [5.74, 6) is 0.529. The molecule has 0 saturated heterocycles. The molecule has 2 rings (SSSR count). The Morgan fingerprint density at radius 1 is 1.50 bits per heavy atom. The summed E-state index contributed by atoms with van der Waals surface area (Å²) in [6.07, 6.45) is 5.08. The van der Waals surface area contributed by atoms with Crippen molar-refractivity contribution in [3.05, 3.63) is 52.1 Å². The highest BCUT2D eigenvalue weighted by molar-refractivity contribution is 9.10. The summed E-state index contributed by atoms with van der Waals surface area (Å²) >= 11 is 3.34. The van der Waals surface area contributed by atoms with E-state index < -0.39 is 6.10 Å². The van der Waals surface area contributed by atoms with Crippen LogP contribution >= 0.6 is 15.9 Å². The van der Waals surface area contributed by atoms with Gasteiger partial charge in [-0.15, -0.1) is 0 Å². The Morgan fingerprint density at radius 2 is 2.31 bits per heavy atom. The molecule has 3 nitrogen and oxygen atoms in total. The van der Waals surface area contributed by atoms with Crippen LogP contribution in [0.3, 0.4) is 0 Å². The van der Waals surface area contributed by atoms with Crippen molar-refractivity contribution < 1.29 is 9.52 Å². The maximum absolute atomic E-state index is 10.2. The first-order valence-electron chi connectivity index (χ1n) is 5.07. The molecule has 2 aromatic heterocycles. The predicted octanol–water partition coefficient (Wildman–Crippen LogP) is 3.08. The van der Waals surface area contributed by atoms with E-state index >= 15 is 0 Å². The van der Waals surface area contributed by atoms with Crippen molar-refractivity contribution in [2.75, 3.05) is 0 Å². The highest BCUT2D eigenvalue weighted by Crippen LogP contribution is 2.30. The van der Waals surface area contributed by atoms with E-state index in [4.69, 9.17) is 4.42 Å². The second-order valence-corrected chi connectivity index (χ2v) is 4.32. The molecule has 0 aliphatic heterocycles. The zero-order chi connectivity index (χ0) is 11.5. The van der Waals surface area contributed by atoms with Crippen LogP contribution in [0.2, 0.25) is 0 Å². The Bertz CT molecular complexity index is 481. The Hall–Kier alpha value is -1.13. The van der Waals surface area contributed by atoms with Crippen molar-refractivity contribution >= 4 is 15.9 Å². The number of halogens is 1. The minimum Gasteiger partial charge on any atom is -0.465 e. The molecule has 0 fully saturated rings. The molecule has 1 N–H and O–H groups in total. The average Bonchev–Trinajstić information content (AvgIpc) is 2.74. The van der Waals surface area contributed by atoms with Gasteiger partial charge in [-0.3, -0.25) is 4.98 Å². The highest BCUT2D eigenvalue weighted by atomic mass is 79.9. The molecule has 0 aliphatic rings. The van der Waals surface area contributed by atoms with Crippen molar-refractivity contribution in [2.45, 2.75) is 19.4 Å². The summed E-state index contributed by atoms with van der Waals surface area (Å²) < 4.78 is 6.04. The van der Waals surface area contributed by atoms with Gasteiger partial charge in [0.25, 0.3) is 0 Å². The standard InChI is InChI=1S/C12H12BrNO2/c1-2-8-7-14-5-3-9(8)11(15)12-10(13)4-6-16-12/h3-7,11,15H,2H2,1H3. The molecule has 0 radical (unpaired) electrons. The molecular weight excluding hydrogens is 270 g/mol. The van der Waals surface area contributed by atoms with Gasteiger partial charge >= 0.3 is 0 Å². The van der Waals surface area contributed by atoms with Gasteiger partial charge in [0, 0.05) is 12.4 Å². The van der Waals surface area contributed by atoms with Gasteiger partial charge in [-0.25, -0.2) is 0 Å². The van der Waals surface area contributed by atoms with Crippen molar-refractivity contribution in [2.24, 2.45) is 0 Å². The molecule has 2 aromatic rings. The van der Waals surface area contributed by atoms with Crippen LogP contribution in [0.4, 0.5) is 0 Å². The number of aryl methyl sites for hydroxylation is 1. The largest absolute Gasteiger partial charge is 0.465 e. The quantitative estimate of drug-likeness (QED) is 0.941.